The van der Waals surface area contributed by atoms with Crippen molar-refractivity contribution in [2.45, 2.75) is 38.1 Å². The van der Waals surface area contributed by atoms with Crippen molar-refractivity contribution in [3.63, 3.8) is 0 Å². The fraction of sp³-hybridized carbons (Fsp3) is 0.310. The van der Waals surface area contributed by atoms with Crippen LogP contribution < -0.4 is 15.0 Å². The Labute approximate surface area is 206 Å². The van der Waals surface area contributed by atoms with E-state index in [0.29, 0.717) is 5.56 Å². The largest absolute Gasteiger partial charge is 0.496 e. The van der Waals surface area contributed by atoms with Crippen LogP contribution in [0.25, 0.3) is 0 Å². The highest BCUT2D eigenvalue weighted by atomic mass is 16.5. The second kappa shape index (κ2) is 11.6. The second-order valence-corrected chi connectivity index (χ2v) is 8.89. The monoisotopic (exact) mass is 472 g/mol. The molecule has 6 heteroatoms. The van der Waals surface area contributed by atoms with Crippen LogP contribution in [0.15, 0.2) is 72.8 Å². The molecule has 35 heavy (non-hydrogen) atoms. The molecule has 0 aromatic heterocycles. The first-order chi connectivity index (χ1) is 17.1. The van der Waals surface area contributed by atoms with Crippen LogP contribution in [0.2, 0.25) is 0 Å². The Hall–Kier alpha value is -3.80. The minimum Gasteiger partial charge on any atom is -0.496 e. The standard InChI is InChI=1S/C29H32N2O4/c1-35-26-19-21(15-16-24(26)29(33)34)20-27(32)30-28(22-11-5-4-6-12-22)23-13-7-8-14-25(23)31-17-9-2-3-10-18-31/h4-8,11-16,19,28H,2-3,9-10,17-18,20H2,1H3,(H,30,32)(H,33,34). The van der Waals surface area contributed by atoms with E-state index in [2.05, 4.69) is 28.4 Å². The number of carboxylic acid groups (broad SMARTS) is 1. The molecule has 0 radical (unpaired) electrons. The Morgan fingerprint density at radius 1 is 0.943 bits per heavy atom. The zero-order chi connectivity index (χ0) is 24.6. The molecule has 1 unspecified atom stereocenters. The van der Waals surface area contributed by atoms with E-state index in [1.807, 2.05) is 36.4 Å². The Morgan fingerprint density at radius 2 is 1.63 bits per heavy atom. The Bertz CT molecular complexity index is 1150. The first-order valence-electron chi connectivity index (χ1n) is 12.1. The van der Waals surface area contributed by atoms with Crippen molar-refractivity contribution in [3.05, 3.63) is 95.1 Å². The number of hydrogen-bond acceptors (Lipinski definition) is 4. The number of rotatable bonds is 8. The molecular weight excluding hydrogens is 440 g/mol. The van der Waals surface area contributed by atoms with Gasteiger partial charge in [0.15, 0.2) is 0 Å². The summed E-state index contributed by atoms with van der Waals surface area (Å²) in [5.41, 5.74) is 4.02. The van der Waals surface area contributed by atoms with Gasteiger partial charge in [-0.1, -0.05) is 67.4 Å². The third-order valence-corrected chi connectivity index (χ3v) is 6.49. The van der Waals surface area contributed by atoms with Crippen LogP contribution >= 0.6 is 0 Å². The summed E-state index contributed by atoms with van der Waals surface area (Å²) in [6, 6.07) is 22.8. The SMILES string of the molecule is COc1cc(CC(=O)NC(c2ccccc2)c2ccccc2N2CCCCCC2)ccc1C(=O)O. The van der Waals surface area contributed by atoms with Crippen LogP contribution in [0.5, 0.6) is 5.75 Å². The summed E-state index contributed by atoms with van der Waals surface area (Å²) in [6.45, 7) is 2.03. The van der Waals surface area contributed by atoms with Gasteiger partial charge in [0.1, 0.15) is 11.3 Å². The zero-order valence-corrected chi connectivity index (χ0v) is 20.1. The summed E-state index contributed by atoms with van der Waals surface area (Å²) in [6.07, 6.45) is 4.96. The first-order valence-corrected chi connectivity index (χ1v) is 12.1. The zero-order valence-electron chi connectivity index (χ0n) is 20.1. The molecule has 0 aliphatic carbocycles. The number of ether oxygens (including phenoxy) is 1. The molecule has 3 aromatic carbocycles. The quantitative estimate of drug-likeness (QED) is 0.470. The van der Waals surface area contributed by atoms with Crippen molar-refractivity contribution in [1.29, 1.82) is 0 Å². The van der Waals surface area contributed by atoms with Crippen LogP contribution in [0.1, 0.15) is 58.8 Å². The third-order valence-electron chi connectivity index (χ3n) is 6.49. The molecule has 2 N–H and O–H groups in total. The maximum Gasteiger partial charge on any atom is 0.339 e. The minimum absolute atomic E-state index is 0.0743. The number of para-hydroxylation sites is 1. The second-order valence-electron chi connectivity index (χ2n) is 8.89. The third kappa shape index (κ3) is 6.01. The molecule has 1 heterocycles. The summed E-state index contributed by atoms with van der Waals surface area (Å²) in [4.78, 5) is 27.1. The maximum absolute atomic E-state index is 13.2. The van der Waals surface area contributed by atoms with Gasteiger partial charge in [0.2, 0.25) is 5.91 Å². The normalized spacial score (nSPS) is 14.6. The van der Waals surface area contributed by atoms with Gasteiger partial charge in [0.25, 0.3) is 0 Å². The highest BCUT2D eigenvalue weighted by Crippen LogP contribution is 2.32. The van der Waals surface area contributed by atoms with Gasteiger partial charge in [-0.25, -0.2) is 4.79 Å². The van der Waals surface area contributed by atoms with Gasteiger partial charge in [-0.15, -0.1) is 0 Å². The van der Waals surface area contributed by atoms with E-state index in [9.17, 15) is 14.7 Å². The van der Waals surface area contributed by atoms with Gasteiger partial charge in [0.05, 0.1) is 19.6 Å². The molecule has 1 saturated heterocycles. The molecule has 1 aliphatic heterocycles. The molecule has 1 atom stereocenters. The van der Waals surface area contributed by atoms with Gasteiger partial charge in [-0.2, -0.15) is 0 Å². The average Bonchev–Trinajstić information content (AvgIpc) is 3.17. The number of methoxy groups -OCH3 is 1. The fourth-order valence-corrected chi connectivity index (χ4v) is 4.74. The summed E-state index contributed by atoms with van der Waals surface area (Å²) < 4.78 is 5.22. The van der Waals surface area contributed by atoms with Crippen LogP contribution in [0, 0.1) is 0 Å². The van der Waals surface area contributed by atoms with Crippen LogP contribution in [-0.4, -0.2) is 37.2 Å². The van der Waals surface area contributed by atoms with Crippen LogP contribution in [-0.2, 0) is 11.2 Å². The van der Waals surface area contributed by atoms with E-state index < -0.39 is 5.97 Å². The topological polar surface area (TPSA) is 78.9 Å². The predicted octanol–water partition coefficient (Wildman–Crippen LogP) is 5.22. The number of nitrogens with zero attached hydrogens (tertiary/aromatic N) is 1. The molecule has 3 aromatic rings. The van der Waals surface area contributed by atoms with Gasteiger partial charge >= 0.3 is 5.97 Å². The number of carbonyl (C=O) groups is 2. The molecule has 0 saturated carbocycles. The molecule has 6 nitrogen and oxygen atoms in total. The van der Waals surface area contributed by atoms with Crippen molar-refractivity contribution in [2.24, 2.45) is 0 Å². The molecule has 1 aliphatic rings. The van der Waals surface area contributed by atoms with E-state index in [1.165, 1.54) is 38.9 Å². The molecular formula is C29H32N2O4. The lowest BCUT2D eigenvalue weighted by Gasteiger charge is -2.29. The molecule has 1 amide bonds. The van der Waals surface area contributed by atoms with Gasteiger partial charge in [-0.05, 0) is 42.2 Å². The van der Waals surface area contributed by atoms with Crippen molar-refractivity contribution in [3.8, 4) is 5.75 Å². The minimum atomic E-state index is -1.06. The summed E-state index contributed by atoms with van der Waals surface area (Å²) in [7, 11) is 1.43. The van der Waals surface area contributed by atoms with Gasteiger partial charge in [-0.3, -0.25) is 4.79 Å². The van der Waals surface area contributed by atoms with Crippen LogP contribution in [0.4, 0.5) is 5.69 Å². The smallest absolute Gasteiger partial charge is 0.339 e. The molecule has 4 rings (SSSR count). The Kier molecular flexibility index (Phi) is 8.03. The molecule has 1 fully saturated rings. The van der Waals surface area contributed by atoms with Gasteiger partial charge < -0.3 is 20.1 Å². The van der Waals surface area contributed by atoms with Crippen molar-refractivity contribution < 1.29 is 19.4 Å². The fourth-order valence-electron chi connectivity index (χ4n) is 4.74. The van der Waals surface area contributed by atoms with E-state index in [-0.39, 0.29) is 29.7 Å². The van der Waals surface area contributed by atoms with Crippen molar-refractivity contribution in [2.75, 3.05) is 25.1 Å². The summed E-state index contributed by atoms with van der Waals surface area (Å²) >= 11 is 0. The number of hydrogen-bond donors (Lipinski definition) is 2. The molecule has 182 valence electrons. The van der Waals surface area contributed by atoms with Crippen molar-refractivity contribution >= 4 is 17.6 Å². The van der Waals surface area contributed by atoms with Gasteiger partial charge in [0, 0.05) is 24.3 Å². The Balaban J connectivity index is 1.62. The maximum atomic E-state index is 13.2. The average molecular weight is 473 g/mol. The highest BCUT2D eigenvalue weighted by molar-refractivity contribution is 5.91. The number of nitrogens with one attached hydrogen (secondary N) is 1. The van der Waals surface area contributed by atoms with E-state index in [1.54, 1.807) is 12.1 Å². The van der Waals surface area contributed by atoms with Crippen molar-refractivity contribution in [1.82, 2.24) is 5.32 Å². The Morgan fingerprint density at radius 3 is 2.31 bits per heavy atom. The number of carboxylic acids is 1. The number of amides is 1. The summed E-state index contributed by atoms with van der Waals surface area (Å²) in [5, 5.41) is 12.6. The molecule has 0 spiro atoms. The van der Waals surface area contributed by atoms with Crippen LogP contribution in [0.3, 0.4) is 0 Å². The lowest BCUT2D eigenvalue weighted by atomic mass is 9.96. The number of benzene rings is 3. The van der Waals surface area contributed by atoms with E-state index >= 15 is 0 Å². The first kappa shape index (κ1) is 24.3. The summed E-state index contributed by atoms with van der Waals surface area (Å²) in [5.74, 6) is -0.962. The number of carbonyl (C=O) groups excluding carboxylic acids is 1. The number of anilines is 1. The molecule has 0 bridgehead atoms. The number of aromatic carboxylic acids is 1. The lowest BCUT2D eigenvalue weighted by molar-refractivity contribution is -0.120. The predicted molar refractivity (Wildman–Crippen MR) is 137 cm³/mol. The van der Waals surface area contributed by atoms with E-state index in [4.69, 9.17) is 4.74 Å². The highest BCUT2D eigenvalue weighted by Gasteiger charge is 2.23. The lowest BCUT2D eigenvalue weighted by Crippen LogP contribution is -2.33. The van der Waals surface area contributed by atoms with E-state index in [0.717, 1.165) is 29.9 Å².